The van der Waals surface area contributed by atoms with Crippen molar-refractivity contribution < 1.29 is 18.8 Å². The highest BCUT2D eigenvalue weighted by molar-refractivity contribution is 6.09. The summed E-state index contributed by atoms with van der Waals surface area (Å²) in [6.07, 6.45) is 3.18. The van der Waals surface area contributed by atoms with E-state index in [4.69, 9.17) is 0 Å². The molecule has 1 aromatic carbocycles. The first kappa shape index (κ1) is 19.9. The van der Waals surface area contributed by atoms with Crippen LogP contribution in [0.4, 0.5) is 9.18 Å². The van der Waals surface area contributed by atoms with Crippen LogP contribution in [0.15, 0.2) is 24.3 Å². The first-order valence-corrected chi connectivity index (χ1v) is 10.2. The molecule has 1 heterocycles. The molecule has 6 nitrogen and oxygen atoms in total. The molecule has 29 heavy (non-hydrogen) atoms. The molecule has 0 spiro atoms. The third-order valence-electron chi connectivity index (χ3n) is 8.13. The number of nitrogens with one attached hydrogen (secondary N) is 2. The summed E-state index contributed by atoms with van der Waals surface area (Å²) in [6, 6.07) is 4.86. The van der Waals surface area contributed by atoms with Gasteiger partial charge in [0.25, 0.3) is 5.91 Å². The van der Waals surface area contributed by atoms with Crippen molar-refractivity contribution in [3.63, 3.8) is 0 Å². The zero-order valence-electron chi connectivity index (χ0n) is 17.3. The third-order valence-corrected chi connectivity index (χ3v) is 8.13. The Morgan fingerprint density at radius 1 is 1.21 bits per heavy atom. The van der Waals surface area contributed by atoms with E-state index >= 15 is 0 Å². The van der Waals surface area contributed by atoms with E-state index in [-0.39, 0.29) is 29.3 Å². The van der Waals surface area contributed by atoms with Crippen molar-refractivity contribution in [3.05, 3.63) is 35.6 Å². The smallest absolute Gasteiger partial charge is 0.325 e. The van der Waals surface area contributed by atoms with E-state index in [9.17, 15) is 18.8 Å². The highest BCUT2D eigenvalue weighted by Crippen LogP contribution is 2.65. The summed E-state index contributed by atoms with van der Waals surface area (Å²) in [7, 11) is 0. The van der Waals surface area contributed by atoms with Gasteiger partial charge in [-0.25, -0.2) is 9.18 Å². The molecule has 4 amide bonds. The number of carbonyl (C=O) groups excluding carboxylic acids is 3. The molecule has 3 aliphatic rings. The van der Waals surface area contributed by atoms with Gasteiger partial charge in [0, 0.05) is 6.04 Å². The largest absolute Gasteiger partial charge is 0.351 e. The molecule has 7 heteroatoms. The lowest BCUT2D eigenvalue weighted by atomic mass is 9.69. The van der Waals surface area contributed by atoms with Crippen LogP contribution in [0.1, 0.15) is 52.5 Å². The number of carbonyl (C=O) groups is 3. The summed E-state index contributed by atoms with van der Waals surface area (Å²) in [5.41, 5.74) is -0.659. The fraction of sp³-hybridized carbons (Fsp3) is 0.591. The Morgan fingerprint density at radius 2 is 1.86 bits per heavy atom. The molecule has 2 aliphatic carbocycles. The van der Waals surface area contributed by atoms with Gasteiger partial charge in [0.1, 0.15) is 17.9 Å². The van der Waals surface area contributed by atoms with Crippen LogP contribution >= 0.6 is 0 Å². The van der Waals surface area contributed by atoms with Gasteiger partial charge in [0.05, 0.1) is 0 Å². The fourth-order valence-corrected chi connectivity index (χ4v) is 5.63. The van der Waals surface area contributed by atoms with Crippen LogP contribution in [0.25, 0.3) is 0 Å². The molecule has 4 atom stereocenters. The molecule has 156 valence electrons. The second-order valence-electron chi connectivity index (χ2n) is 9.68. The van der Waals surface area contributed by atoms with Gasteiger partial charge in [0.15, 0.2) is 0 Å². The van der Waals surface area contributed by atoms with Gasteiger partial charge >= 0.3 is 6.03 Å². The summed E-state index contributed by atoms with van der Waals surface area (Å²) in [6.45, 7) is 8.01. The second-order valence-corrected chi connectivity index (χ2v) is 9.68. The topological polar surface area (TPSA) is 78.5 Å². The summed E-state index contributed by atoms with van der Waals surface area (Å²) in [4.78, 5) is 39.1. The monoisotopic (exact) mass is 401 g/mol. The maximum Gasteiger partial charge on any atom is 0.325 e. The van der Waals surface area contributed by atoms with Crippen molar-refractivity contribution in [1.29, 1.82) is 0 Å². The maximum absolute atomic E-state index is 13.2. The number of urea groups is 1. The van der Waals surface area contributed by atoms with Crippen molar-refractivity contribution in [2.75, 3.05) is 6.54 Å². The van der Waals surface area contributed by atoms with E-state index < -0.39 is 23.3 Å². The molecule has 1 aliphatic heterocycles. The van der Waals surface area contributed by atoms with Gasteiger partial charge in [-0.1, -0.05) is 32.9 Å². The second kappa shape index (κ2) is 6.28. The number of amides is 4. The van der Waals surface area contributed by atoms with Crippen LogP contribution in [0.3, 0.4) is 0 Å². The molecular weight excluding hydrogens is 373 g/mol. The molecule has 3 fully saturated rings. The van der Waals surface area contributed by atoms with Crippen LogP contribution in [0.5, 0.6) is 0 Å². The number of halogens is 1. The van der Waals surface area contributed by atoms with Crippen molar-refractivity contribution in [1.82, 2.24) is 15.5 Å². The number of rotatable bonds is 4. The Kier molecular flexibility index (Phi) is 4.30. The third kappa shape index (κ3) is 2.77. The van der Waals surface area contributed by atoms with Crippen molar-refractivity contribution in [3.8, 4) is 0 Å². The Bertz CT molecular complexity index is 884. The van der Waals surface area contributed by atoms with Crippen LogP contribution in [0.2, 0.25) is 0 Å². The minimum Gasteiger partial charge on any atom is -0.351 e. The minimum absolute atomic E-state index is 0.0211. The SMILES string of the molecule is CC1(c2ccc(F)cc2)NC(=O)N(CC(=O)NC2CC3CCC2(C)C3(C)C)C1=O. The number of benzene rings is 1. The summed E-state index contributed by atoms with van der Waals surface area (Å²) >= 11 is 0. The molecular formula is C22H28FN3O3. The number of nitrogens with zero attached hydrogens (tertiary/aromatic N) is 1. The van der Waals surface area contributed by atoms with Gasteiger partial charge in [-0.05, 0) is 60.6 Å². The van der Waals surface area contributed by atoms with Crippen molar-refractivity contribution in [2.45, 2.75) is 58.5 Å². The van der Waals surface area contributed by atoms with Gasteiger partial charge < -0.3 is 10.6 Å². The van der Waals surface area contributed by atoms with Crippen LogP contribution in [-0.2, 0) is 15.1 Å². The predicted molar refractivity (Wildman–Crippen MR) is 105 cm³/mol. The van der Waals surface area contributed by atoms with Crippen LogP contribution in [0, 0.1) is 22.6 Å². The molecule has 0 radical (unpaired) electrons. The van der Waals surface area contributed by atoms with E-state index in [0.717, 1.165) is 17.7 Å². The first-order chi connectivity index (χ1) is 13.5. The Morgan fingerprint density at radius 3 is 2.41 bits per heavy atom. The van der Waals surface area contributed by atoms with Gasteiger partial charge in [0.2, 0.25) is 5.91 Å². The number of imide groups is 1. The zero-order chi connectivity index (χ0) is 21.2. The molecule has 2 N–H and O–H groups in total. The summed E-state index contributed by atoms with van der Waals surface area (Å²) < 4.78 is 13.2. The van der Waals surface area contributed by atoms with Crippen LogP contribution < -0.4 is 10.6 Å². The highest BCUT2D eigenvalue weighted by Gasteiger charge is 2.61. The Hall–Kier alpha value is -2.44. The lowest BCUT2D eigenvalue weighted by molar-refractivity contribution is -0.135. The Labute approximate surface area is 170 Å². The Balaban J connectivity index is 1.46. The average molecular weight is 401 g/mol. The molecule has 2 saturated carbocycles. The highest BCUT2D eigenvalue weighted by atomic mass is 19.1. The molecule has 2 bridgehead atoms. The number of fused-ring (bicyclic) bond motifs is 2. The molecule has 1 aromatic rings. The molecule has 4 rings (SSSR count). The first-order valence-electron chi connectivity index (χ1n) is 10.2. The molecule has 1 saturated heterocycles. The van der Waals surface area contributed by atoms with Crippen molar-refractivity contribution in [2.24, 2.45) is 16.7 Å². The number of hydrogen-bond acceptors (Lipinski definition) is 3. The summed E-state index contributed by atoms with van der Waals surface area (Å²) in [5.74, 6) is -0.681. The molecule has 0 aromatic heterocycles. The zero-order valence-corrected chi connectivity index (χ0v) is 17.3. The quantitative estimate of drug-likeness (QED) is 0.762. The van der Waals surface area contributed by atoms with Crippen LogP contribution in [-0.4, -0.2) is 35.3 Å². The van der Waals surface area contributed by atoms with E-state index in [1.165, 1.54) is 30.7 Å². The van der Waals surface area contributed by atoms with E-state index in [1.54, 1.807) is 6.92 Å². The molecule has 4 unspecified atom stereocenters. The predicted octanol–water partition coefficient (Wildman–Crippen LogP) is 2.92. The fourth-order valence-electron chi connectivity index (χ4n) is 5.63. The lowest BCUT2D eigenvalue weighted by Crippen LogP contribution is -2.50. The standard InChI is InChI=1S/C22H28FN3O3/c1-20(2)14-9-10-21(20,3)16(11-14)24-17(27)12-26-18(28)22(4,25-19(26)29)13-5-7-15(23)8-6-13/h5-8,14,16H,9-12H2,1-4H3,(H,24,27)(H,25,29). The lowest BCUT2D eigenvalue weighted by Gasteiger charge is -2.39. The van der Waals surface area contributed by atoms with Gasteiger partial charge in [-0.2, -0.15) is 0 Å². The van der Waals surface area contributed by atoms with E-state index in [2.05, 4.69) is 31.4 Å². The van der Waals surface area contributed by atoms with Gasteiger partial charge in [-0.15, -0.1) is 0 Å². The van der Waals surface area contributed by atoms with Gasteiger partial charge in [-0.3, -0.25) is 14.5 Å². The van der Waals surface area contributed by atoms with E-state index in [1.807, 2.05) is 0 Å². The van der Waals surface area contributed by atoms with Crippen molar-refractivity contribution >= 4 is 17.8 Å². The average Bonchev–Trinajstić information content (AvgIpc) is 3.09. The van der Waals surface area contributed by atoms with E-state index in [0.29, 0.717) is 11.5 Å². The number of hydrogen-bond donors (Lipinski definition) is 2. The minimum atomic E-state index is -1.31. The normalized spacial score (nSPS) is 35.1. The maximum atomic E-state index is 13.2. The summed E-state index contributed by atoms with van der Waals surface area (Å²) in [5, 5.41) is 5.73.